The van der Waals surface area contributed by atoms with E-state index in [9.17, 15) is 19.2 Å². The molecule has 0 bridgehead atoms. The molecule has 112 valence electrons. The Balaban J connectivity index is 4.20. The Labute approximate surface area is 116 Å². The maximum Gasteiger partial charge on any atom is 0.325 e. The van der Waals surface area contributed by atoms with E-state index in [2.05, 4.69) is 27.3 Å². The lowest BCUT2D eigenvalue weighted by atomic mass is 10.0. The van der Waals surface area contributed by atoms with E-state index in [-0.39, 0.29) is 13.1 Å². The summed E-state index contributed by atoms with van der Waals surface area (Å²) in [5, 5.41) is 7.02. The first-order chi connectivity index (χ1) is 9.22. The highest BCUT2D eigenvalue weighted by Gasteiger charge is 2.28. The second kappa shape index (κ2) is 7.93. The van der Waals surface area contributed by atoms with Crippen molar-refractivity contribution < 1.29 is 23.9 Å². The molecule has 0 aliphatic rings. The lowest BCUT2D eigenvalue weighted by molar-refractivity contribution is -0.141. The van der Waals surface area contributed by atoms with Gasteiger partial charge in [0.1, 0.15) is 12.1 Å². The van der Waals surface area contributed by atoms with Crippen molar-refractivity contribution >= 4 is 23.7 Å². The minimum Gasteiger partial charge on any atom is -0.468 e. The SMILES string of the molecule is C=CC(=O)NC(C)(C)C(=O)NCC(=O)NCC(=O)OC. The Morgan fingerprint density at radius 3 is 2.25 bits per heavy atom. The number of ether oxygens (including phenoxy) is 1. The number of carbonyl (C=O) groups excluding carboxylic acids is 4. The monoisotopic (exact) mass is 285 g/mol. The van der Waals surface area contributed by atoms with Crippen molar-refractivity contribution in [1.29, 1.82) is 0 Å². The summed E-state index contributed by atoms with van der Waals surface area (Å²) in [6.45, 7) is 5.65. The molecule has 0 heterocycles. The van der Waals surface area contributed by atoms with Gasteiger partial charge in [0, 0.05) is 0 Å². The van der Waals surface area contributed by atoms with Gasteiger partial charge < -0.3 is 20.7 Å². The van der Waals surface area contributed by atoms with Gasteiger partial charge in [-0.1, -0.05) is 6.58 Å². The molecule has 0 aromatic rings. The minimum absolute atomic E-state index is 0.276. The van der Waals surface area contributed by atoms with E-state index in [1.165, 1.54) is 21.0 Å². The first-order valence-electron chi connectivity index (χ1n) is 5.79. The lowest BCUT2D eigenvalue weighted by Gasteiger charge is -2.24. The van der Waals surface area contributed by atoms with Gasteiger partial charge in [-0.25, -0.2) is 0 Å². The normalized spacial score (nSPS) is 10.2. The molecule has 20 heavy (non-hydrogen) atoms. The molecule has 8 nitrogen and oxygen atoms in total. The highest BCUT2D eigenvalue weighted by Crippen LogP contribution is 2.01. The molecule has 0 aliphatic heterocycles. The molecule has 8 heteroatoms. The minimum atomic E-state index is -1.19. The van der Waals surface area contributed by atoms with Crippen molar-refractivity contribution in [2.75, 3.05) is 20.2 Å². The van der Waals surface area contributed by atoms with Crippen LogP contribution in [0.15, 0.2) is 12.7 Å². The topological polar surface area (TPSA) is 114 Å². The van der Waals surface area contributed by atoms with Gasteiger partial charge in [-0.15, -0.1) is 0 Å². The van der Waals surface area contributed by atoms with Crippen LogP contribution in [0.1, 0.15) is 13.8 Å². The number of carbonyl (C=O) groups is 4. The van der Waals surface area contributed by atoms with Crippen molar-refractivity contribution in [2.45, 2.75) is 19.4 Å². The van der Waals surface area contributed by atoms with Crippen LogP contribution in [0.4, 0.5) is 0 Å². The summed E-state index contributed by atoms with van der Waals surface area (Å²) < 4.78 is 4.34. The Morgan fingerprint density at radius 2 is 1.75 bits per heavy atom. The number of rotatable bonds is 7. The van der Waals surface area contributed by atoms with Crippen LogP contribution in [0.2, 0.25) is 0 Å². The number of esters is 1. The summed E-state index contributed by atoms with van der Waals surface area (Å²) in [5.41, 5.74) is -1.19. The average Bonchev–Trinajstić information content (AvgIpc) is 2.41. The quantitative estimate of drug-likeness (QED) is 0.388. The summed E-state index contributed by atoms with van der Waals surface area (Å²) in [5.74, 6) is -2.18. The van der Waals surface area contributed by atoms with Crippen molar-refractivity contribution in [1.82, 2.24) is 16.0 Å². The third-order valence-corrected chi connectivity index (χ3v) is 2.26. The maximum atomic E-state index is 11.8. The first-order valence-corrected chi connectivity index (χ1v) is 5.79. The predicted molar refractivity (Wildman–Crippen MR) is 70.5 cm³/mol. The van der Waals surface area contributed by atoms with E-state index in [0.29, 0.717) is 0 Å². The fourth-order valence-corrected chi connectivity index (χ4v) is 1.10. The third-order valence-electron chi connectivity index (χ3n) is 2.26. The van der Waals surface area contributed by atoms with Gasteiger partial charge in [0.25, 0.3) is 0 Å². The predicted octanol–water partition coefficient (Wildman–Crippen LogP) is -1.53. The first kappa shape index (κ1) is 17.6. The highest BCUT2D eigenvalue weighted by molar-refractivity contribution is 5.96. The number of hydrogen-bond donors (Lipinski definition) is 3. The molecule has 0 atom stereocenters. The zero-order chi connectivity index (χ0) is 15.8. The lowest BCUT2D eigenvalue weighted by Crippen LogP contribution is -2.55. The molecule has 3 amide bonds. The zero-order valence-electron chi connectivity index (χ0n) is 11.7. The van der Waals surface area contributed by atoms with Crippen molar-refractivity contribution in [3.8, 4) is 0 Å². The van der Waals surface area contributed by atoms with E-state index in [1.54, 1.807) is 0 Å². The third kappa shape index (κ3) is 6.53. The van der Waals surface area contributed by atoms with Crippen LogP contribution in [0.25, 0.3) is 0 Å². The number of methoxy groups -OCH3 is 1. The molecular formula is C12H19N3O5. The van der Waals surface area contributed by atoms with Gasteiger partial charge in [-0.3, -0.25) is 19.2 Å². The van der Waals surface area contributed by atoms with Crippen LogP contribution < -0.4 is 16.0 Å². The summed E-state index contributed by atoms with van der Waals surface area (Å²) in [6, 6.07) is 0. The van der Waals surface area contributed by atoms with E-state index >= 15 is 0 Å². The Hall–Kier alpha value is -2.38. The van der Waals surface area contributed by atoms with Crippen LogP contribution in [-0.2, 0) is 23.9 Å². The van der Waals surface area contributed by atoms with Gasteiger partial charge in [-0.05, 0) is 19.9 Å². The van der Waals surface area contributed by atoms with Gasteiger partial charge >= 0.3 is 5.97 Å². The smallest absolute Gasteiger partial charge is 0.325 e. The fourth-order valence-electron chi connectivity index (χ4n) is 1.10. The second-order valence-electron chi connectivity index (χ2n) is 4.35. The van der Waals surface area contributed by atoms with Crippen molar-refractivity contribution in [2.24, 2.45) is 0 Å². The van der Waals surface area contributed by atoms with Crippen LogP contribution in [0, 0.1) is 0 Å². The average molecular weight is 285 g/mol. The van der Waals surface area contributed by atoms with Crippen LogP contribution in [0.5, 0.6) is 0 Å². The second-order valence-corrected chi connectivity index (χ2v) is 4.35. The number of amides is 3. The largest absolute Gasteiger partial charge is 0.468 e. The van der Waals surface area contributed by atoms with Crippen molar-refractivity contribution in [3.05, 3.63) is 12.7 Å². The Kier molecular flexibility index (Phi) is 6.98. The van der Waals surface area contributed by atoms with Gasteiger partial charge in [0.2, 0.25) is 17.7 Å². The summed E-state index contributed by atoms with van der Waals surface area (Å²) in [6.07, 6.45) is 1.04. The molecule has 3 N–H and O–H groups in total. The van der Waals surface area contributed by atoms with Gasteiger partial charge in [0.05, 0.1) is 13.7 Å². The number of nitrogens with one attached hydrogen (secondary N) is 3. The Bertz CT molecular complexity index is 417. The van der Waals surface area contributed by atoms with E-state index < -0.39 is 29.2 Å². The van der Waals surface area contributed by atoms with Crippen LogP contribution in [-0.4, -0.2) is 49.4 Å². The van der Waals surface area contributed by atoms with E-state index in [1.807, 2.05) is 0 Å². The fraction of sp³-hybridized carbons (Fsp3) is 0.500. The van der Waals surface area contributed by atoms with Gasteiger partial charge in [0.15, 0.2) is 0 Å². The van der Waals surface area contributed by atoms with Crippen molar-refractivity contribution in [3.63, 3.8) is 0 Å². The molecule has 0 spiro atoms. The van der Waals surface area contributed by atoms with E-state index in [4.69, 9.17) is 0 Å². The molecule has 0 aromatic heterocycles. The molecule has 0 aromatic carbocycles. The molecule has 0 fully saturated rings. The molecule has 0 unspecified atom stereocenters. The summed E-state index contributed by atoms with van der Waals surface area (Å²) in [4.78, 5) is 45.0. The van der Waals surface area contributed by atoms with Crippen LogP contribution in [0.3, 0.4) is 0 Å². The standard InChI is InChI=1S/C12H19N3O5/c1-5-8(16)15-12(2,3)11(19)14-6-9(17)13-7-10(18)20-4/h5H,1,6-7H2,2-4H3,(H,13,17)(H,14,19)(H,15,16). The summed E-state index contributed by atoms with van der Waals surface area (Å²) >= 11 is 0. The highest BCUT2D eigenvalue weighted by atomic mass is 16.5. The molecule has 0 saturated heterocycles. The molecule has 0 saturated carbocycles. The zero-order valence-corrected chi connectivity index (χ0v) is 11.7. The van der Waals surface area contributed by atoms with Crippen LogP contribution >= 0.6 is 0 Å². The molecule has 0 radical (unpaired) electrons. The molecule has 0 aliphatic carbocycles. The number of hydrogen-bond acceptors (Lipinski definition) is 5. The maximum absolute atomic E-state index is 11.8. The molecule has 0 rings (SSSR count). The van der Waals surface area contributed by atoms with Gasteiger partial charge in [-0.2, -0.15) is 0 Å². The summed E-state index contributed by atoms with van der Waals surface area (Å²) in [7, 11) is 1.20. The molecular weight excluding hydrogens is 266 g/mol. The van der Waals surface area contributed by atoms with E-state index in [0.717, 1.165) is 6.08 Å². The Morgan fingerprint density at radius 1 is 1.15 bits per heavy atom.